The number of hydrogen-bond donors (Lipinski definition) is 0. The molecule has 1 aliphatic rings. The normalized spacial score (nSPS) is 14.4. The predicted octanol–water partition coefficient (Wildman–Crippen LogP) is 4.81. The average Bonchev–Trinajstić information content (AvgIpc) is 3.31. The van der Waals surface area contributed by atoms with Gasteiger partial charge in [-0.05, 0) is 56.7 Å². The van der Waals surface area contributed by atoms with Gasteiger partial charge in [-0.25, -0.2) is 9.79 Å². The van der Waals surface area contributed by atoms with Gasteiger partial charge < -0.3 is 14.2 Å². The van der Waals surface area contributed by atoms with Crippen molar-refractivity contribution in [2.75, 3.05) is 13.2 Å². The number of fused-ring (bicyclic) bond motifs is 1. The van der Waals surface area contributed by atoms with Crippen LogP contribution in [0.15, 0.2) is 87.8 Å². The van der Waals surface area contributed by atoms with Crippen LogP contribution in [0, 0.1) is 20.2 Å². The number of hydrogen-bond acceptors (Lipinski definition) is 11. The summed E-state index contributed by atoms with van der Waals surface area (Å²) in [5.41, 5.74) is 0.234. The number of para-hydroxylation sites is 1. The van der Waals surface area contributed by atoms with Crippen LogP contribution >= 0.6 is 11.3 Å². The molecule has 4 aromatic rings. The summed E-state index contributed by atoms with van der Waals surface area (Å²) in [5, 5.41) is 22.8. The standard InChI is InChI=1S/C31H26N4O9S/c1-4-42-22-13-10-19(11-14-22)28-27(30(37)43-5-2)18(3)32-31-33(28)29(36)26(45-31)16-20-8-6-7-9-24(20)44-25-15-12-21(34(38)39)17-23(25)35(40)41/h6-17,28H,4-5H2,1-3H3/b26-16+/t28-/m1/s1. The first-order valence-electron chi connectivity index (χ1n) is 13.7. The quantitative estimate of drug-likeness (QED) is 0.136. The van der Waals surface area contributed by atoms with Crippen LogP contribution < -0.4 is 24.4 Å². The monoisotopic (exact) mass is 630 g/mol. The molecule has 0 amide bonds. The Kier molecular flexibility index (Phi) is 8.86. The summed E-state index contributed by atoms with van der Waals surface area (Å²) in [6, 6.07) is 15.9. The van der Waals surface area contributed by atoms with Crippen molar-refractivity contribution in [3.8, 4) is 17.2 Å². The molecule has 0 unspecified atom stereocenters. The number of esters is 1. The summed E-state index contributed by atoms with van der Waals surface area (Å²) in [6.07, 6.45) is 1.56. The molecular weight excluding hydrogens is 604 g/mol. The molecule has 0 saturated carbocycles. The molecule has 0 radical (unpaired) electrons. The van der Waals surface area contributed by atoms with Crippen molar-refractivity contribution >= 4 is 34.8 Å². The van der Waals surface area contributed by atoms with Gasteiger partial charge in [0.15, 0.2) is 4.80 Å². The number of carbonyl (C=O) groups excluding carboxylic acids is 1. The van der Waals surface area contributed by atoms with Crippen molar-refractivity contribution in [1.82, 2.24) is 4.57 Å². The van der Waals surface area contributed by atoms with Gasteiger partial charge >= 0.3 is 11.7 Å². The molecule has 13 nitrogen and oxygen atoms in total. The molecule has 0 bridgehead atoms. The highest BCUT2D eigenvalue weighted by Crippen LogP contribution is 2.36. The highest BCUT2D eigenvalue weighted by molar-refractivity contribution is 7.07. The molecule has 3 aromatic carbocycles. The van der Waals surface area contributed by atoms with Crippen LogP contribution in [0.25, 0.3) is 6.08 Å². The second-order valence-corrected chi connectivity index (χ2v) is 10.6. The lowest BCUT2D eigenvalue weighted by Crippen LogP contribution is -2.39. The third kappa shape index (κ3) is 6.21. The van der Waals surface area contributed by atoms with Crippen LogP contribution in [0.4, 0.5) is 11.4 Å². The zero-order valence-corrected chi connectivity index (χ0v) is 25.1. The molecule has 1 aliphatic heterocycles. The number of ether oxygens (including phenoxy) is 3. The fourth-order valence-electron chi connectivity index (χ4n) is 4.82. The van der Waals surface area contributed by atoms with Crippen LogP contribution in [-0.2, 0) is 9.53 Å². The molecule has 1 atom stereocenters. The van der Waals surface area contributed by atoms with Gasteiger partial charge in [0.1, 0.15) is 11.5 Å². The minimum Gasteiger partial charge on any atom is -0.494 e. The van der Waals surface area contributed by atoms with Crippen LogP contribution in [0.5, 0.6) is 17.2 Å². The largest absolute Gasteiger partial charge is 0.494 e. The van der Waals surface area contributed by atoms with Gasteiger partial charge in [0.2, 0.25) is 5.75 Å². The van der Waals surface area contributed by atoms with Crippen LogP contribution in [0.2, 0.25) is 0 Å². The zero-order valence-electron chi connectivity index (χ0n) is 24.3. The van der Waals surface area contributed by atoms with E-state index in [9.17, 15) is 29.8 Å². The summed E-state index contributed by atoms with van der Waals surface area (Å²) in [4.78, 5) is 53.4. The molecule has 0 fully saturated rings. The first kappa shape index (κ1) is 30.8. The lowest BCUT2D eigenvalue weighted by molar-refractivity contribution is -0.394. The molecule has 0 aliphatic carbocycles. The molecule has 0 N–H and O–H groups in total. The van der Waals surface area contributed by atoms with E-state index in [1.165, 1.54) is 4.57 Å². The molecule has 45 heavy (non-hydrogen) atoms. The summed E-state index contributed by atoms with van der Waals surface area (Å²) in [7, 11) is 0. The van der Waals surface area contributed by atoms with E-state index in [0.29, 0.717) is 34.0 Å². The van der Waals surface area contributed by atoms with Crippen molar-refractivity contribution in [3.05, 3.63) is 129 Å². The van der Waals surface area contributed by atoms with Crippen LogP contribution in [-0.4, -0.2) is 33.6 Å². The Balaban J connectivity index is 1.63. The highest BCUT2D eigenvalue weighted by atomic mass is 32.1. The smallest absolute Gasteiger partial charge is 0.338 e. The van der Waals surface area contributed by atoms with Gasteiger partial charge in [-0.15, -0.1) is 0 Å². The molecule has 0 saturated heterocycles. The van der Waals surface area contributed by atoms with Crippen molar-refractivity contribution in [2.45, 2.75) is 26.8 Å². The molecule has 0 spiro atoms. The Hall–Kier alpha value is -5.63. The van der Waals surface area contributed by atoms with Crippen LogP contribution in [0.3, 0.4) is 0 Å². The second kappa shape index (κ2) is 12.9. The van der Waals surface area contributed by atoms with Gasteiger partial charge in [0, 0.05) is 11.6 Å². The maximum Gasteiger partial charge on any atom is 0.338 e. The van der Waals surface area contributed by atoms with E-state index in [4.69, 9.17) is 14.2 Å². The third-order valence-electron chi connectivity index (χ3n) is 6.80. The molecular formula is C31H26N4O9S. The van der Waals surface area contributed by atoms with Gasteiger partial charge in [-0.3, -0.25) is 29.6 Å². The van der Waals surface area contributed by atoms with E-state index >= 15 is 0 Å². The average molecular weight is 631 g/mol. The number of aromatic nitrogens is 1. The SMILES string of the molecule is CCOC(=O)C1=C(C)N=c2s/c(=C/c3ccccc3Oc3ccc([N+](=O)[O-])cc3[N+](=O)[O-])c(=O)n2[C@@H]1c1ccc(OCC)cc1. The number of nitro benzene ring substituents is 2. The van der Waals surface area contributed by atoms with Crippen molar-refractivity contribution in [3.63, 3.8) is 0 Å². The maximum absolute atomic E-state index is 14.0. The topological polar surface area (TPSA) is 165 Å². The fourth-order valence-corrected chi connectivity index (χ4v) is 5.86. The lowest BCUT2D eigenvalue weighted by Gasteiger charge is -2.24. The third-order valence-corrected chi connectivity index (χ3v) is 7.78. The Morgan fingerprint density at radius 1 is 1.00 bits per heavy atom. The van der Waals surface area contributed by atoms with Gasteiger partial charge in [0.05, 0.1) is 51.0 Å². The number of nitro groups is 2. The molecule has 14 heteroatoms. The van der Waals surface area contributed by atoms with Crippen molar-refractivity contribution < 1.29 is 28.9 Å². The number of non-ortho nitro benzene ring substituents is 1. The van der Waals surface area contributed by atoms with Gasteiger partial charge in [-0.2, -0.15) is 0 Å². The van der Waals surface area contributed by atoms with Crippen molar-refractivity contribution in [1.29, 1.82) is 0 Å². The summed E-state index contributed by atoms with van der Waals surface area (Å²) in [6.45, 7) is 5.86. The first-order chi connectivity index (χ1) is 21.6. The van der Waals surface area contributed by atoms with Crippen molar-refractivity contribution in [2.24, 2.45) is 4.99 Å². The van der Waals surface area contributed by atoms with E-state index in [-0.39, 0.29) is 28.2 Å². The first-order valence-corrected chi connectivity index (χ1v) is 14.6. The number of benzene rings is 3. The van der Waals surface area contributed by atoms with Gasteiger partial charge in [-0.1, -0.05) is 41.7 Å². The Morgan fingerprint density at radius 2 is 1.73 bits per heavy atom. The lowest BCUT2D eigenvalue weighted by atomic mass is 9.96. The number of carbonyl (C=O) groups is 1. The number of allylic oxidation sites excluding steroid dienone is 1. The molecule has 230 valence electrons. The minimum atomic E-state index is -0.827. The Morgan fingerprint density at radius 3 is 2.40 bits per heavy atom. The summed E-state index contributed by atoms with van der Waals surface area (Å²) < 4.78 is 18.5. The zero-order chi connectivity index (χ0) is 32.2. The van der Waals surface area contributed by atoms with Gasteiger partial charge in [0.25, 0.3) is 11.2 Å². The highest BCUT2D eigenvalue weighted by Gasteiger charge is 2.33. The van der Waals surface area contributed by atoms with E-state index in [2.05, 4.69) is 4.99 Å². The summed E-state index contributed by atoms with van der Waals surface area (Å²) >= 11 is 1.10. The number of rotatable bonds is 10. The van der Waals surface area contributed by atoms with E-state index in [1.807, 2.05) is 6.92 Å². The van der Waals surface area contributed by atoms with E-state index < -0.39 is 38.8 Å². The molecule has 2 heterocycles. The second-order valence-electron chi connectivity index (χ2n) is 9.61. The number of nitrogens with zero attached hydrogens (tertiary/aromatic N) is 4. The fraction of sp³-hybridized carbons (Fsp3) is 0.194. The predicted molar refractivity (Wildman–Crippen MR) is 164 cm³/mol. The molecule has 5 rings (SSSR count). The Labute approximate surface area is 259 Å². The molecule has 1 aromatic heterocycles. The van der Waals surface area contributed by atoms with E-state index in [1.54, 1.807) is 68.5 Å². The number of thiazole rings is 1. The van der Waals surface area contributed by atoms with E-state index in [0.717, 1.165) is 29.5 Å². The minimum absolute atomic E-state index is 0.139. The maximum atomic E-state index is 14.0. The summed E-state index contributed by atoms with van der Waals surface area (Å²) in [5.74, 6) is 0.0112. The Bertz CT molecular complexity index is 2030. The van der Waals surface area contributed by atoms with Crippen LogP contribution in [0.1, 0.15) is 37.9 Å².